The third-order valence-electron chi connectivity index (χ3n) is 2.23. The number of ether oxygens (including phenoxy) is 1. The molecule has 1 atom stereocenters. The first-order chi connectivity index (χ1) is 9.95. The van der Waals surface area contributed by atoms with Crippen molar-refractivity contribution >= 4 is 39.2 Å². The molecule has 0 spiro atoms. The quantitative estimate of drug-likeness (QED) is 0.362. The van der Waals surface area contributed by atoms with E-state index in [1.54, 1.807) is 31.2 Å². The fraction of sp³-hybridized carbons (Fsp3) is 0.286. The smallest absolute Gasteiger partial charge is 0.370 e. The number of nitrogens with zero attached hydrogens (tertiary/aromatic N) is 1. The number of nitrogens with one attached hydrogen (secondary N) is 1. The molecule has 0 aliphatic heterocycles. The lowest BCUT2D eigenvalue weighted by molar-refractivity contribution is -0.134. The van der Waals surface area contributed by atoms with E-state index in [0.29, 0.717) is 16.3 Å². The highest BCUT2D eigenvalue weighted by Gasteiger charge is 2.12. The Kier molecular flexibility index (Phi) is 7.11. The van der Waals surface area contributed by atoms with Gasteiger partial charge >= 0.3 is 5.97 Å². The van der Waals surface area contributed by atoms with Crippen molar-refractivity contribution in [2.45, 2.75) is 18.7 Å². The maximum absolute atomic E-state index is 12.2. The number of halogens is 1. The second-order valence-corrected chi connectivity index (χ2v) is 5.96. The van der Waals surface area contributed by atoms with E-state index in [2.05, 4.69) is 17.1 Å². The first-order valence-electron chi connectivity index (χ1n) is 6.23. The molecule has 0 aliphatic rings. The van der Waals surface area contributed by atoms with E-state index in [1.807, 2.05) is 6.92 Å². The zero-order chi connectivity index (χ0) is 15.8. The van der Waals surface area contributed by atoms with Crippen molar-refractivity contribution in [1.29, 1.82) is 0 Å². The van der Waals surface area contributed by atoms with Crippen molar-refractivity contribution < 1.29 is 13.7 Å². The summed E-state index contributed by atoms with van der Waals surface area (Å²) in [5.74, 6) is -0.360. The van der Waals surface area contributed by atoms with Crippen LogP contribution < -0.4 is 5.43 Å². The van der Waals surface area contributed by atoms with Crippen molar-refractivity contribution in [3.8, 4) is 0 Å². The largest absolute Gasteiger partial charge is 0.461 e. The Bertz CT molecular complexity index is 587. The topological polar surface area (TPSA) is 67.8 Å². The van der Waals surface area contributed by atoms with Gasteiger partial charge in [0.05, 0.1) is 28.0 Å². The lowest BCUT2D eigenvalue weighted by atomic mass is 10.3. The third-order valence-corrected chi connectivity index (χ3v) is 4.07. The van der Waals surface area contributed by atoms with Gasteiger partial charge in [0.2, 0.25) is 5.17 Å². The lowest BCUT2D eigenvalue weighted by Gasteiger charge is -2.08. The van der Waals surface area contributed by atoms with Crippen LogP contribution in [0.1, 0.15) is 13.8 Å². The van der Waals surface area contributed by atoms with E-state index in [-0.39, 0.29) is 11.8 Å². The molecule has 1 aromatic rings. The number of esters is 1. The SMILES string of the molecule is C=C(C)CS(=O)c1ccccc1N/N=C(\Cl)C(=O)OCC. The van der Waals surface area contributed by atoms with Crippen LogP contribution in [-0.2, 0) is 20.3 Å². The van der Waals surface area contributed by atoms with Gasteiger partial charge in [-0.3, -0.25) is 9.63 Å². The van der Waals surface area contributed by atoms with Gasteiger partial charge in [-0.15, -0.1) is 0 Å². The Balaban J connectivity index is 2.89. The molecule has 0 saturated carbocycles. The molecular formula is C14H17ClN2O3S. The minimum atomic E-state index is -1.24. The molecule has 1 unspecified atom stereocenters. The molecule has 0 radical (unpaired) electrons. The van der Waals surface area contributed by atoms with Gasteiger partial charge in [-0.05, 0) is 26.0 Å². The highest BCUT2D eigenvalue weighted by Crippen LogP contribution is 2.20. The molecule has 0 heterocycles. The van der Waals surface area contributed by atoms with Gasteiger partial charge in [0.1, 0.15) is 0 Å². The summed E-state index contributed by atoms with van der Waals surface area (Å²) in [4.78, 5) is 11.9. The molecular weight excluding hydrogens is 312 g/mol. The molecule has 0 fully saturated rings. The number of para-hydroxylation sites is 1. The zero-order valence-electron chi connectivity index (χ0n) is 11.9. The number of rotatable bonds is 7. The van der Waals surface area contributed by atoms with Gasteiger partial charge in [-0.1, -0.05) is 35.9 Å². The Morgan fingerprint density at radius 2 is 2.14 bits per heavy atom. The summed E-state index contributed by atoms with van der Waals surface area (Å²) in [6.07, 6.45) is 0. The second kappa shape index (κ2) is 8.59. The maximum Gasteiger partial charge on any atom is 0.370 e. The molecule has 0 saturated heterocycles. The molecule has 21 heavy (non-hydrogen) atoms. The van der Waals surface area contributed by atoms with Crippen LogP contribution in [0.25, 0.3) is 0 Å². The van der Waals surface area contributed by atoms with Crippen LogP contribution in [0.5, 0.6) is 0 Å². The van der Waals surface area contributed by atoms with Crippen LogP contribution in [0.15, 0.2) is 46.4 Å². The zero-order valence-corrected chi connectivity index (χ0v) is 13.5. The van der Waals surface area contributed by atoms with E-state index in [1.165, 1.54) is 0 Å². The van der Waals surface area contributed by atoms with E-state index >= 15 is 0 Å². The summed E-state index contributed by atoms with van der Waals surface area (Å²) in [6.45, 7) is 7.44. The maximum atomic E-state index is 12.2. The standard InChI is InChI=1S/C14H17ClN2O3S/c1-4-20-14(18)13(15)17-16-11-7-5-6-8-12(11)21(19)9-10(2)3/h5-8,16H,2,4,9H2,1,3H3/b17-13-. The summed E-state index contributed by atoms with van der Waals surface area (Å²) in [7, 11) is -1.24. The fourth-order valence-electron chi connectivity index (χ4n) is 1.40. The van der Waals surface area contributed by atoms with Gasteiger partial charge in [0, 0.05) is 5.75 Å². The van der Waals surface area contributed by atoms with Crippen molar-refractivity contribution in [2.24, 2.45) is 5.10 Å². The molecule has 0 aliphatic carbocycles. The predicted molar refractivity (Wildman–Crippen MR) is 86.1 cm³/mol. The first kappa shape index (κ1) is 17.4. The number of hydrogen-bond acceptors (Lipinski definition) is 5. The van der Waals surface area contributed by atoms with Crippen LogP contribution >= 0.6 is 11.6 Å². The molecule has 1 aromatic carbocycles. The second-order valence-electron chi connectivity index (χ2n) is 4.18. The van der Waals surface area contributed by atoms with Gasteiger partial charge < -0.3 is 4.74 Å². The minimum Gasteiger partial charge on any atom is -0.461 e. The van der Waals surface area contributed by atoms with Gasteiger partial charge in [-0.2, -0.15) is 5.10 Å². The van der Waals surface area contributed by atoms with Crippen LogP contribution in [0.2, 0.25) is 0 Å². The lowest BCUT2D eigenvalue weighted by Crippen LogP contribution is -2.13. The summed E-state index contributed by atoms with van der Waals surface area (Å²) >= 11 is 5.70. The Morgan fingerprint density at radius 3 is 2.76 bits per heavy atom. The van der Waals surface area contributed by atoms with Crippen LogP contribution in [0, 0.1) is 0 Å². The summed E-state index contributed by atoms with van der Waals surface area (Å²) in [5.41, 5.74) is 3.97. The molecule has 7 heteroatoms. The third kappa shape index (κ3) is 5.69. The monoisotopic (exact) mass is 328 g/mol. The summed E-state index contributed by atoms with van der Waals surface area (Å²) in [6, 6.07) is 6.95. The average molecular weight is 329 g/mol. The predicted octanol–water partition coefficient (Wildman–Crippen LogP) is 2.90. The number of carbonyl (C=O) groups excluding carboxylic acids is 1. The molecule has 1 rings (SSSR count). The average Bonchev–Trinajstić information content (AvgIpc) is 2.44. The van der Waals surface area contributed by atoms with Gasteiger partial charge in [-0.25, -0.2) is 4.79 Å². The van der Waals surface area contributed by atoms with Crippen LogP contribution in [0.4, 0.5) is 5.69 Å². The van der Waals surface area contributed by atoms with Crippen molar-refractivity contribution in [3.63, 3.8) is 0 Å². The molecule has 5 nitrogen and oxygen atoms in total. The van der Waals surface area contributed by atoms with Gasteiger partial charge in [0.25, 0.3) is 0 Å². The number of hydrazone groups is 1. The van der Waals surface area contributed by atoms with Crippen LogP contribution in [0.3, 0.4) is 0 Å². The van der Waals surface area contributed by atoms with Crippen molar-refractivity contribution in [3.05, 3.63) is 36.4 Å². The summed E-state index contributed by atoms with van der Waals surface area (Å²) in [5, 5.41) is 3.41. The minimum absolute atomic E-state index is 0.212. The molecule has 1 N–H and O–H groups in total. The Labute approximate surface area is 131 Å². The fourth-order valence-corrected chi connectivity index (χ4v) is 2.69. The number of hydrogen-bond donors (Lipinski definition) is 1. The van der Waals surface area contributed by atoms with E-state index < -0.39 is 16.8 Å². The Hall–Kier alpha value is -1.66. The normalized spacial score (nSPS) is 12.6. The molecule has 0 bridgehead atoms. The van der Waals surface area contributed by atoms with Crippen molar-refractivity contribution in [1.82, 2.24) is 0 Å². The number of anilines is 1. The highest BCUT2D eigenvalue weighted by atomic mass is 35.5. The molecule has 0 aromatic heterocycles. The summed E-state index contributed by atoms with van der Waals surface area (Å²) < 4.78 is 16.9. The molecule has 0 amide bonds. The van der Waals surface area contributed by atoms with E-state index in [0.717, 1.165) is 5.57 Å². The van der Waals surface area contributed by atoms with Gasteiger partial charge in [0.15, 0.2) is 0 Å². The van der Waals surface area contributed by atoms with Crippen molar-refractivity contribution in [2.75, 3.05) is 17.8 Å². The first-order valence-corrected chi connectivity index (χ1v) is 7.93. The number of benzene rings is 1. The van der Waals surface area contributed by atoms with Crippen LogP contribution in [-0.4, -0.2) is 27.7 Å². The number of carbonyl (C=O) groups is 1. The molecule has 114 valence electrons. The highest BCUT2D eigenvalue weighted by molar-refractivity contribution is 7.85. The Morgan fingerprint density at radius 1 is 1.48 bits per heavy atom. The van der Waals surface area contributed by atoms with E-state index in [9.17, 15) is 9.00 Å². The van der Waals surface area contributed by atoms with E-state index in [4.69, 9.17) is 16.3 Å².